The maximum atomic E-state index is 11.7. The highest BCUT2D eigenvalue weighted by molar-refractivity contribution is 6.32. The van der Waals surface area contributed by atoms with Crippen molar-refractivity contribution in [1.82, 2.24) is 5.32 Å². The molecule has 0 fully saturated rings. The topological polar surface area (TPSA) is 50.4 Å². The summed E-state index contributed by atoms with van der Waals surface area (Å²) in [7, 11) is 0. The molecule has 110 valence electrons. The number of halogens is 1. The van der Waals surface area contributed by atoms with Crippen molar-refractivity contribution < 1.29 is 9.53 Å². The molecule has 0 saturated heterocycles. The third-order valence-electron chi connectivity index (χ3n) is 2.79. The van der Waals surface area contributed by atoms with Crippen LogP contribution in [-0.2, 0) is 0 Å². The van der Waals surface area contributed by atoms with E-state index < -0.39 is 0 Å². The van der Waals surface area contributed by atoms with Crippen LogP contribution in [0.1, 0.15) is 5.56 Å². The molecule has 21 heavy (non-hydrogen) atoms. The predicted molar refractivity (Wildman–Crippen MR) is 85.1 cm³/mol. The Bertz CT molecular complexity index is 599. The van der Waals surface area contributed by atoms with E-state index in [1.54, 1.807) is 12.1 Å². The molecule has 0 heterocycles. The van der Waals surface area contributed by atoms with Crippen LogP contribution in [0.5, 0.6) is 5.75 Å². The van der Waals surface area contributed by atoms with Gasteiger partial charge in [-0.3, -0.25) is 0 Å². The first-order chi connectivity index (χ1) is 10.1. The van der Waals surface area contributed by atoms with Crippen molar-refractivity contribution in [2.75, 3.05) is 18.5 Å². The molecule has 2 N–H and O–H groups in total. The SMILES string of the molecule is Cc1ccc(NC(=O)NCCOc2ccccc2Cl)cc1. The lowest BCUT2D eigenvalue weighted by atomic mass is 10.2. The van der Waals surface area contributed by atoms with Gasteiger partial charge in [0.2, 0.25) is 0 Å². The van der Waals surface area contributed by atoms with Gasteiger partial charge in [0.25, 0.3) is 0 Å². The molecule has 0 aliphatic heterocycles. The first-order valence-corrected chi connectivity index (χ1v) is 7.02. The number of carbonyl (C=O) groups excluding carboxylic acids is 1. The second-order valence-corrected chi connectivity index (χ2v) is 4.93. The molecule has 2 rings (SSSR count). The van der Waals surface area contributed by atoms with Crippen LogP contribution >= 0.6 is 11.6 Å². The predicted octanol–water partition coefficient (Wildman–Crippen LogP) is 3.85. The largest absolute Gasteiger partial charge is 0.490 e. The highest BCUT2D eigenvalue weighted by atomic mass is 35.5. The monoisotopic (exact) mass is 304 g/mol. The number of nitrogens with one attached hydrogen (secondary N) is 2. The molecule has 5 heteroatoms. The third kappa shape index (κ3) is 5.00. The number of amides is 2. The minimum absolute atomic E-state index is 0.262. The van der Waals surface area contributed by atoms with Crippen LogP contribution in [0, 0.1) is 6.92 Å². The van der Waals surface area contributed by atoms with Crippen molar-refractivity contribution in [1.29, 1.82) is 0 Å². The normalized spacial score (nSPS) is 10.0. The zero-order valence-corrected chi connectivity index (χ0v) is 12.5. The maximum Gasteiger partial charge on any atom is 0.319 e. The number of ether oxygens (including phenoxy) is 1. The number of rotatable bonds is 5. The van der Waals surface area contributed by atoms with Gasteiger partial charge in [-0.2, -0.15) is 0 Å². The summed E-state index contributed by atoms with van der Waals surface area (Å²) in [6.45, 7) is 2.74. The molecule has 0 aliphatic carbocycles. The minimum Gasteiger partial charge on any atom is -0.490 e. The molecule has 4 nitrogen and oxygen atoms in total. The van der Waals surface area contributed by atoms with E-state index in [0.29, 0.717) is 23.9 Å². The van der Waals surface area contributed by atoms with Gasteiger partial charge < -0.3 is 15.4 Å². The van der Waals surface area contributed by atoms with Crippen molar-refractivity contribution in [3.63, 3.8) is 0 Å². The lowest BCUT2D eigenvalue weighted by Crippen LogP contribution is -2.32. The molecular weight excluding hydrogens is 288 g/mol. The molecule has 0 radical (unpaired) electrons. The molecular formula is C16H17ClN2O2. The number of para-hydroxylation sites is 1. The summed E-state index contributed by atoms with van der Waals surface area (Å²) in [6.07, 6.45) is 0. The molecule has 0 spiro atoms. The second-order valence-electron chi connectivity index (χ2n) is 4.53. The number of urea groups is 1. The molecule has 2 aromatic rings. The lowest BCUT2D eigenvalue weighted by Gasteiger charge is -2.10. The Balaban J connectivity index is 1.70. The van der Waals surface area contributed by atoms with Crippen LogP contribution in [0.3, 0.4) is 0 Å². The van der Waals surface area contributed by atoms with Gasteiger partial charge in [-0.15, -0.1) is 0 Å². The smallest absolute Gasteiger partial charge is 0.319 e. The maximum absolute atomic E-state index is 11.7. The Kier molecular flexibility index (Phi) is 5.46. The Morgan fingerprint density at radius 1 is 1.14 bits per heavy atom. The first-order valence-electron chi connectivity index (χ1n) is 6.64. The van der Waals surface area contributed by atoms with Crippen molar-refractivity contribution in [2.45, 2.75) is 6.92 Å². The van der Waals surface area contributed by atoms with Gasteiger partial charge in [0.05, 0.1) is 11.6 Å². The van der Waals surface area contributed by atoms with Crippen molar-refractivity contribution >= 4 is 23.3 Å². The summed E-state index contributed by atoms with van der Waals surface area (Å²) >= 11 is 5.96. The van der Waals surface area contributed by atoms with Gasteiger partial charge in [-0.25, -0.2) is 4.79 Å². The van der Waals surface area contributed by atoms with Crippen LogP contribution in [0.15, 0.2) is 48.5 Å². The summed E-state index contributed by atoms with van der Waals surface area (Å²) < 4.78 is 5.48. The number of hydrogen-bond acceptors (Lipinski definition) is 2. The van der Waals surface area contributed by atoms with Crippen molar-refractivity contribution in [3.05, 3.63) is 59.1 Å². The fraction of sp³-hybridized carbons (Fsp3) is 0.188. The van der Waals surface area contributed by atoms with E-state index in [-0.39, 0.29) is 6.03 Å². The number of anilines is 1. The van der Waals surface area contributed by atoms with Crippen LogP contribution < -0.4 is 15.4 Å². The van der Waals surface area contributed by atoms with Crippen molar-refractivity contribution in [3.8, 4) is 5.75 Å². The number of benzene rings is 2. The van der Waals surface area contributed by atoms with Crippen LogP contribution in [0.4, 0.5) is 10.5 Å². The van der Waals surface area contributed by atoms with Crippen LogP contribution in [-0.4, -0.2) is 19.2 Å². The highest BCUT2D eigenvalue weighted by Crippen LogP contribution is 2.22. The molecule has 0 bridgehead atoms. The fourth-order valence-corrected chi connectivity index (χ4v) is 1.89. The average molecular weight is 305 g/mol. The number of aryl methyl sites for hydroxylation is 1. The molecule has 0 aliphatic rings. The van der Waals surface area contributed by atoms with Gasteiger partial charge in [0.1, 0.15) is 12.4 Å². The van der Waals surface area contributed by atoms with Gasteiger partial charge in [0, 0.05) is 5.69 Å². The fourth-order valence-electron chi connectivity index (χ4n) is 1.70. The molecule has 0 aromatic heterocycles. The van der Waals surface area contributed by atoms with Gasteiger partial charge in [-0.1, -0.05) is 41.4 Å². The Morgan fingerprint density at radius 3 is 2.57 bits per heavy atom. The zero-order chi connectivity index (χ0) is 15.1. The third-order valence-corrected chi connectivity index (χ3v) is 3.10. The molecule has 2 aromatic carbocycles. The minimum atomic E-state index is -0.262. The molecule has 0 atom stereocenters. The van der Waals surface area contributed by atoms with Gasteiger partial charge >= 0.3 is 6.03 Å². The Labute approximate surface area is 129 Å². The number of carbonyl (C=O) groups is 1. The Morgan fingerprint density at radius 2 is 1.86 bits per heavy atom. The molecule has 0 saturated carbocycles. The van der Waals surface area contributed by atoms with Crippen LogP contribution in [0.25, 0.3) is 0 Å². The summed E-state index contributed by atoms with van der Waals surface area (Å²) in [5.41, 5.74) is 1.90. The highest BCUT2D eigenvalue weighted by Gasteiger charge is 2.02. The molecule has 0 unspecified atom stereocenters. The van der Waals surface area contributed by atoms with Gasteiger partial charge in [0.15, 0.2) is 0 Å². The van der Waals surface area contributed by atoms with E-state index in [2.05, 4.69) is 10.6 Å². The second kappa shape index (κ2) is 7.55. The van der Waals surface area contributed by atoms with E-state index in [4.69, 9.17) is 16.3 Å². The zero-order valence-electron chi connectivity index (χ0n) is 11.7. The van der Waals surface area contributed by atoms with E-state index in [0.717, 1.165) is 11.3 Å². The first kappa shape index (κ1) is 15.2. The van der Waals surface area contributed by atoms with E-state index in [1.807, 2.05) is 43.3 Å². The van der Waals surface area contributed by atoms with E-state index in [9.17, 15) is 4.79 Å². The Hall–Kier alpha value is -2.20. The lowest BCUT2D eigenvalue weighted by molar-refractivity contribution is 0.247. The quantitative estimate of drug-likeness (QED) is 0.824. The average Bonchev–Trinajstić information content (AvgIpc) is 2.48. The number of hydrogen-bond donors (Lipinski definition) is 2. The summed E-state index contributed by atoms with van der Waals surface area (Å²) in [5.74, 6) is 0.611. The summed E-state index contributed by atoms with van der Waals surface area (Å²) in [5, 5.41) is 6.02. The van der Waals surface area contributed by atoms with E-state index in [1.165, 1.54) is 0 Å². The van der Waals surface area contributed by atoms with Crippen LogP contribution in [0.2, 0.25) is 5.02 Å². The summed E-state index contributed by atoms with van der Waals surface area (Å²) in [4.78, 5) is 11.7. The summed E-state index contributed by atoms with van der Waals surface area (Å²) in [6, 6.07) is 14.6. The van der Waals surface area contributed by atoms with Gasteiger partial charge in [-0.05, 0) is 31.2 Å². The standard InChI is InChI=1S/C16H17ClN2O2/c1-12-6-8-13(9-7-12)19-16(20)18-10-11-21-15-5-3-2-4-14(15)17/h2-9H,10-11H2,1H3,(H2,18,19,20). The van der Waals surface area contributed by atoms with Crippen molar-refractivity contribution in [2.24, 2.45) is 0 Å². The van der Waals surface area contributed by atoms with E-state index >= 15 is 0 Å². The molecule has 2 amide bonds.